The molecule has 2 aromatic carbocycles. The standard InChI is InChI=1S/C21H21N5O4/c22-19(23)12-1-3-14(4-2-12)25-20(28)17(27)18-21(29)26(9-10-30-18)15-5-6-16-13(11-15)7-8-24-16/h1-8,11,17-18,24,27H,9-10H2,(H3,22,23)(H,25,28)/t17-,18?/m1/s1. The van der Waals surface area contributed by atoms with Crippen molar-refractivity contribution in [2.24, 2.45) is 5.73 Å². The molecule has 1 aliphatic rings. The molecule has 1 fully saturated rings. The Labute approximate surface area is 171 Å². The van der Waals surface area contributed by atoms with Crippen LogP contribution in [-0.4, -0.2) is 53.1 Å². The van der Waals surface area contributed by atoms with E-state index in [4.69, 9.17) is 15.9 Å². The molecule has 1 aliphatic heterocycles. The average molecular weight is 407 g/mol. The van der Waals surface area contributed by atoms with Gasteiger partial charge in [-0.2, -0.15) is 0 Å². The fourth-order valence-corrected chi connectivity index (χ4v) is 3.38. The lowest BCUT2D eigenvalue weighted by molar-refractivity contribution is -0.150. The van der Waals surface area contributed by atoms with E-state index in [1.54, 1.807) is 24.3 Å². The van der Waals surface area contributed by atoms with Gasteiger partial charge in [-0.3, -0.25) is 15.0 Å². The molecule has 6 N–H and O–H groups in total. The number of amides is 2. The average Bonchev–Trinajstić information content (AvgIpc) is 3.21. The molecule has 4 rings (SSSR count). The molecule has 1 unspecified atom stereocenters. The summed E-state index contributed by atoms with van der Waals surface area (Å²) in [6.45, 7) is 0.519. The number of aliphatic hydroxyl groups excluding tert-OH is 1. The third kappa shape index (κ3) is 3.76. The zero-order valence-electron chi connectivity index (χ0n) is 16.0. The Morgan fingerprint density at radius 2 is 2.03 bits per heavy atom. The zero-order valence-corrected chi connectivity index (χ0v) is 16.0. The lowest BCUT2D eigenvalue weighted by Gasteiger charge is -2.34. The second kappa shape index (κ2) is 7.97. The van der Waals surface area contributed by atoms with E-state index in [-0.39, 0.29) is 12.4 Å². The highest BCUT2D eigenvalue weighted by Crippen LogP contribution is 2.25. The van der Waals surface area contributed by atoms with E-state index in [1.807, 2.05) is 30.5 Å². The summed E-state index contributed by atoms with van der Waals surface area (Å²) in [5.41, 5.74) is 7.94. The number of aliphatic hydroxyl groups is 1. The molecule has 1 aromatic heterocycles. The van der Waals surface area contributed by atoms with Crippen molar-refractivity contribution in [1.82, 2.24) is 4.98 Å². The van der Waals surface area contributed by atoms with Crippen LogP contribution in [-0.2, 0) is 14.3 Å². The number of hydrogen-bond acceptors (Lipinski definition) is 5. The third-order valence-electron chi connectivity index (χ3n) is 4.99. The van der Waals surface area contributed by atoms with E-state index in [0.717, 1.165) is 10.9 Å². The van der Waals surface area contributed by atoms with Gasteiger partial charge in [-0.1, -0.05) is 0 Å². The molecule has 0 radical (unpaired) electrons. The molecule has 30 heavy (non-hydrogen) atoms. The normalized spacial score (nSPS) is 17.7. The number of amidine groups is 1. The fourth-order valence-electron chi connectivity index (χ4n) is 3.38. The number of rotatable bonds is 5. The Balaban J connectivity index is 1.47. The van der Waals surface area contributed by atoms with Crippen LogP contribution in [0.15, 0.2) is 54.7 Å². The van der Waals surface area contributed by atoms with E-state index < -0.39 is 24.0 Å². The van der Waals surface area contributed by atoms with Gasteiger partial charge in [0, 0.05) is 40.6 Å². The summed E-state index contributed by atoms with van der Waals surface area (Å²) in [5, 5.41) is 21.4. The van der Waals surface area contributed by atoms with Gasteiger partial charge in [0.15, 0.2) is 12.2 Å². The zero-order chi connectivity index (χ0) is 21.3. The number of carbonyl (C=O) groups excluding carboxylic acids is 2. The number of nitrogens with one attached hydrogen (secondary N) is 3. The van der Waals surface area contributed by atoms with Gasteiger partial charge in [0.25, 0.3) is 11.8 Å². The highest BCUT2D eigenvalue weighted by Gasteiger charge is 2.39. The first-order valence-electron chi connectivity index (χ1n) is 9.37. The van der Waals surface area contributed by atoms with Crippen molar-refractivity contribution in [2.75, 3.05) is 23.4 Å². The van der Waals surface area contributed by atoms with Gasteiger partial charge >= 0.3 is 0 Å². The molecule has 2 heterocycles. The topological polar surface area (TPSA) is 145 Å². The van der Waals surface area contributed by atoms with Crippen LogP contribution >= 0.6 is 0 Å². The number of nitrogens with zero attached hydrogens (tertiary/aromatic N) is 1. The summed E-state index contributed by atoms with van der Waals surface area (Å²) in [6, 6.07) is 13.7. The maximum Gasteiger partial charge on any atom is 0.259 e. The predicted molar refractivity (Wildman–Crippen MR) is 112 cm³/mol. The van der Waals surface area contributed by atoms with Crippen LogP contribution in [0.2, 0.25) is 0 Å². The van der Waals surface area contributed by atoms with Crippen LogP contribution in [0.4, 0.5) is 11.4 Å². The number of aromatic nitrogens is 1. The van der Waals surface area contributed by atoms with Gasteiger partial charge in [0.05, 0.1) is 6.61 Å². The molecule has 9 nitrogen and oxygen atoms in total. The first-order valence-corrected chi connectivity index (χ1v) is 9.37. The van der Waals surface area contributed by atoms with Crippen LogP contribution in [0.25, 0.3) is 10.9 Å². The monoisotopic (exact) mass is 407 g/mol. The van der Waals surface area contributed by atoms with Crippen molar-refractivity contribution in [3.63, 3.8) is 0 Å². The number of hydrogen-bond donors (Lipinski definition) is 5. The molecular formula is C21H21N5O4. The number of aromatic amines is 1. The SMILES string of the molecule is N=C(N)c1ccc(NC(=O)[C@H](O)C2OCCN(c3ccc4[nH]ccc4c3)C2=O)cc1. The second-order valence-electron chi connectivity index (χ2n) is 6.96. The Kier molecular flexibility index (Phi) is 5.21. The molecule has 2 amide bonds. The van der Waals surface area contributed by atoms with Crippen LogP contribution < -0.4 is 16.0 Å². The molecule has 9 heteroatoms. The van der Waals surface area contributed by atoms with Crippen molar-refractivity contribution in [3.8, 4) is 0 Å². The highest BCUT2D eigenvalue weighted by molar-refractivity contribution is 6.04. The van der Waals surface area contributed by atoms with Crippen molar-refractivity contribution in [1.29, 1.82) is 5.41 Å². The minimum Gasteiger partial charge on any atom is -0.384 e. The molecule has 2 atom stereocenters. The number of morpholine rings is 1. The number of ether oxygens (including phenoxy) is 1. The van der Waals surface area contributed by atoms with Crippen molar-refractivity contribution in [2.45, 2.75) is 12.2 Å². The fraction of sp³-hybridized carbons (Fsp3) is 0.190. The lowest BCUT2D eigenvalue weighted by Crippen LogP contribution is -2.55. The summed E-state index contributed by atoms with van der Waals surface area (Å²) in [6.07, 6.45) is -1.17. The van der Waals surface area contributed by atoms with Gasteiger partial charge in [-0.05, 0) is 48.5 Å². The maximum atomic E-state index is 12.9. The lowest BCUT2D eigenvalue weighted by atomic mass is 10.1. The minimum absolute atomic E-state index is 0.0907. The summed E-state index contributed by atoms with van der Waals surface area (Å²) in [5.74, 6) is -1.33. The van der Waals surface area contributed by atoms with E-state index in [0.29, 0.717) is 23.5 Å². The van der Waals surface area contributed by atoms with Gasteiger partial charge in [0.1, 0.15) is 5.84 Å². The second-order valence-corrected chi connectivity index (χ2v) is 6.96. The number of carbonyl (C=O) groups is 2. The Morgan fingerprint density at radius 3 is 2.77 bits per heavy atom. The highest BCUT2D eigenvalue weighted by atomic mass is 16.5. The molecule has 154 valence electrons. The van der Waals surface area contributed by atoms with E-state index in [1.165, 1.54) is 4.90 Å². The Bertz CT molecular complexity index is 1110. The number of fused-ring (bicyclic) bond motifs is 1. The third-order valence-corrected chi connectivity index (χ3v) is 4.99. The number of H-pyrrole nitrogens is 1. The summed E-state index contributed by atoms with van der Waals surface area (Å²) >= 11 is 0. The smallest absolute Gasteiger partial charge is 0.259 e. The quantitative estimate of drug-likeness (QED) is 0.319. The van der Waals surface area contributed by atoms with E-state index in [9.17, 15) is 14.7 Å². The number of nitrogen functional groups attached to an aromatic ring is 1. The molecular weight excluding hydrogens is 386 g/mol. The van der Waals surface area contributed by atoms with Crippen molar-refractivity contribution < 1.29 is 19.4 Å². The maximum absolute atomic E-state index is 12.9. The van der Waals surface area contributed by atoms with Crippen molar-refractivity contribution >= 4 is 39.9 Å². The van der Waals surface area contributed by atoms with E-state index in [2.05, 4.69) is 10.3 Å². The molecule has 3 aromatic rings. The van der Waals surface area contributed by atoms with Crippen LogP contribution in [0.3, 0.4) is 0 Å². The first-order chi connectivity index (χ1) is 14.4. The molecule has 1 saturated heterocycles. The minimum atomic E-state index is -1.68. The van der Waals surface area contributed by atoms with E-state index >= 15 is 0 Å². The van der Waals surface area contributed by atoms with Crippen LogP contribution in [0.1, 0.15) is 5.56 Å². The predicted octanol–water partition coefficient (Wildman–Crippen LogP) is 1.18. The van der Waals surface area contributed by atoms with Gasteiger partial charge in [0.2, 0.25) is 0 Å². The van der Waals surface area contributed by atoms with Crippen molar-refractivity contribution in [3.05, 3.63) is 60.3 Å². The summed E-state index contributed by atoms with van der Waals surface area (Å²) in [4.78, 5) is 30.0. The number of benzene rings is 2. The van der Waals surface area contributed by atoms with Crippen LogP contribution in [0.5, 0.6) is 0 Å². The number of anilines is 2. The first kappa shape index (κ1) is 19.6. The van der Waals surface area contributed by atoms with Gasteiger partial charge in [-0.25, -0.2) is 0 Å². The molecule has 0 saturated carbocycles. The molecule has 0 spiro atoms. The number of nitrogens with two attached hydrogens (primary N) is 1. The molecule has 0 bridgehead atoms. The van der Waals surface area contributed by atoms with Crippen LogP contribution in [0, 0.1) is 5.41 Å². The summed E-state index contributed by atoms with van der Waals surface area (Å²) in [7, 11) is 0. The molecule has 0 aliphatic carbocycles. The largest absolute Gasteiger partial charge is 0.384 e. The Hall–Kier alpha value is -3.69. The van der Waals surface area contributed by atoms with Gasteiger partial charge in [-0.15, -0.1) is 0 Å². The Morgan fingerprint density at radius 1 is 1.27 bits per heavy atom. The summed E-state index contributed by atoms with van der Waals surface area (Å²) < 4.78 is 5.43. The van der Waals surface area contributed by atoms with Gasteiger partial charge < -0.3 is 30.8 Å².